The number of rotatable bonds is 4. The number of nitriles is 1. The van der Waals surface area contributed by atoms with Crippen LogP contribution in [0, 0.1) is 23.2 Å². The lowest BCUT2D eigenvalue weighted by Gasteiger charge is -2.21. The smallest absolute Gasteiger partial charge is 0.125 e. The van der Waals surface area contributed by atoms with E-state index in [9.17, 15) is 0 Å². The van der Waals surface area contributed by atoms with E-state index in [1.54, 1.807) is 0 Å². The first-order valence-corrected chi connectivity index (χ1v) is 7.82. The van der Waals surface area contributed by atoms with Crippen molar-refractivity contribution in [2.24, 2.45) is 11.8 Å². The molecule has 1 heterocycles. The highest BCUT2D eigenvalue weighted by atomic mass is 35.5. The summed E-state index contributed by atoms with van der Waals surface area (Å²) in [6, 6.07) is 8.52. The van der Waals surface area contributed by atoms with Crippen molar-refractivity contribution in [3.8, 4) is 6.07 Å². The summed E-state index contributed by atoms with van der Waals surface area (Å²) in [6.45, 7) is 0. The van der Waals surface area contributed by atoms with E-state index in [1.807, 2.05) is 18.2 Å². The van der Waals surface area contributed by atoms with Crippen molar-refractivity contribution >= 4 is 22.6 Å². The van der Waals surface area contributed by atoms with Gasteiger partial charge in [-0.05, 0) is 55.7 Å². The minimum atomic E-state index is 0.437. The average Bonchev–Trinajstić information content (AvgIpc) is 3.37. The number of benzene rings is 1. The van der Waals surface area contributed by atoms with Crippen LogP contribution in [0.2, 0.25) is 0 Å². The molecule has 0 radical (unpaired) electrons. The van der Waals surface area contributed by atoms with Crippen molar-refractivity contribution in [3.63, 3.8) is 0 Å². The Bertz CT molecular complexity index is 692. The predicted octanol–water partition coefficient (Wildman–Crippen LogP) is 4.01. The minimum absolute atomic E-state index is 0.437. The topological polar surface area (TPSA) is 41.6 Å². The van der Waals surface area contributed by atoms with Crippen molar-refractivity contribution in [1.29, 1.82) is 5.26 Å². The van der Waals surface area contributed by atoms with Crippen LogP contribution in [0.4, 0.5) is 0 Å². The Balaban J connectivity index is 1.92. The lowest BCUT2D eigenvalue weighted by molar-refractivity contribution is 0.396. The van der Waals surface area contributed by atoms with Crippen LogP contribution in [-0.4, -0.2) is 9.55 Å². The molecule has 102 valence electrons. The van der Waals surface area contributed by atoms with E-state index in [0.717, 1.165) is 28.7 Å². The van der Waals surface area contributed by atoms with Gasteiger partial charge in [-0.15, -0.1) is 11.6 Å². The van der Waals surface area contributed by atoms with Crippen LogP contribution in [0.1, 0.15) is 43.1 Å². The summed E-state index contributed by atoms with van der Waals surface area (Å²) in [5, 5.41) is 9.13. The number of hydrogen-bond acceptors (Lipinski definition) is 2. The van der Waals surface area contributed by atoms with E-state index >= 15 is 0 Å². The normalized spacial score (nSPS) is 18.6. The van der Waals surface area contributed by atoms with Gasteiger partial charge in [0, 0.05) is 6.04 Å². The molecule has 3 nitrogen and oxygen atoms in total. The van der Waals surface area contributed by atoms with Crippen molar-refractivity contribution < 1.29 is 0 Å². The first-order chi connectivity index (χ1) is 9.81. The van der Waals surface area contributed by atoms with Crippen LogP contribution >= 0.6 is 11.6 Å². The molecule has 0 bridgehead atoms. The van der Waals surface area contributed by atoms with Crippen LogP contribution in [0.5, 0.6) is 0 Å². The Morgan fingerprint density at radius 3 is 2.55 bits per heavy atom. The Kier molecular flexibility index (Phi) is 2.75. The highest BCUT2D eigenvalue weighted by molar-refractivity contribution is 6.16. The molecule has 4 heteroatoms. The van der Waals surface area contributed by atoms with E-state index in [4.69, 9.17) is 16.9 Å². The summed E-state index contributed by atoms with van der Waals surface area (Å²) in [5.41, 5.74) is 2.75. The molecule has 1 aromatic carbocycles. The van der Waals surface area contributed by atoms with Crippen molar-refractivity contribution in [3.05, 3.63) is 29.6 Å². The van der Waals surface area contributed by atoms with Crippen LogP contribution in [0.3, 0.4) is 0 Å². The van der Waals surface area contributed by atoms with Crippen LogP contribution in [0.25, 0.3) is 11.0 Å². The molecule has 0 spiro atoms. The molecule has 0 atom stereocenters. The third kappa shape index (κ3) is 1.91. The second-order valence-electron chi connectivity index (χ2n) is 6.01. The fourth-order valence-corrected chi connectivity index (χ4v) is 3.51. The highest BCUT2D eigenvalue weighted by Crippen LogP contribution is 2.53. The maximum atomic E-state index is 9.13. The highest BCUT2D eigenvalue weighted by Gasteiger charge is 2.43. The zero-order valence-corrected chi connectivity index (χ0v) is 12.0. The zero-order chi connectivity index (χ0) is 13.7. The van der Waals surface area contributed by atoms with Crippen LogP contribution in [0.15, 0.2) is 18.2 Å². The van der Waals surface area contributed by atoms with Gasteiger partial charge in [0.05, 0.1) is 28.5 Å². The van der Waals surface area contributed by atoms with E-state index in [-0.39, 0.29) is 0 Å². The lowest BCUT2D eigenvalue weighted by Crippen LogP contribution is -2.16. The molecule has 2 aromatic rings. The first kappa shape index (κ1) is 12.2. The molecular formula is C16H16ClN3. The number of alkyl halides is 1. The second-order valence-corrected chi connectivity index (χ2v) is 6.28. The van der Waals surface area contributed by atoms with Crippen LogP contribution in [-0.2, 0) is 5.88 Å². The van der Waals surface area contributed by atoms with Gasteiger partial charge in [-0.25, -0.2) is 4.98 Å². The molecule has 1 aromatic heterocycles. The number of nitrogens with zero attached hydrogens (tertiary/aromatic N) is 3. The number of imidazole rings is 1. The van der Waals surface area contributed by atoms with Gasteiger partial charge in [-0.3, -0.25) is 0 Å². The number of hydrogen-bond donors (Lipinski definition) is 0. The molecular weight excluding hydrogens is 270 g/mol. The number of aromatic nitrogens is 2. The fourth-order valence-electron chi connectivity index (χ4n) is 3.32. The quantitative estimate of drug-likeness (QED) is 0.797. The Hall–Kier alpha value is -1.53. The maximum Gasteiger partial charge on any atom is 0.125 e. The summed E-state index contributed by atoms with van der Waals surface area (Å²) >= 11 is 6.12. The summed E-state index contributed by atoms with van der Waals surface area (Å²) < 4.78 is 2.35. The Labute approximate surface area is 123 Å². The van der Waals surface area contributed by atoms with Crippen LogP contribution < -0.4 is 0 Å². The summed E-state index contributed by atoms with van der Waals surface area (Å²) in [7, 11) is 0. The molecule has 2 saturated carbocycles. The molecule has 20 heavy (non-hydrogen) atoms. The van der Waals surface area contributed by atoms with Gasteiger partial charge in [-0.2, -0.15) is 5.26 Å². The van der Waals surface area contributed by atoms with Crippen molar-refractivity contribution in [2.75, 3.05) is 0 Å². The monoisotopic (exact) mass is 285 g/mol. The second kappa shape index (κ2) is 4.49. The molecule has 2 aliphatic rings. The molecule has 0 saturated heterocycles. The Morgan fingerprint density at radius 2 is 2.00 bits per heavy atom. The standard InChI is InChI=1S/C16H16ClN3/c17-8-15-19-13-6-1-10(9-18)7-14(13)20(15)16(11-2-3-11)12-4-5-12/h1,6-7,11-12,16H,2-5,8H2. The third-order valence-corrected chi connectivity index (χ3v) is 4.76. The zero-order valence-electron chi connectivity index (χ0n) is 11.2. The summed E-state index contributed by atoms with van der Waals surface area (Å²) in [4.78, 5) is 4.67. The van der Waals surface area contributed by atoms with Gasteiger partial charge in [0.15, 0.2) is 0 Å². The van der Waals surface area contributed by atoms with E-state index in [2.05, 4.69) is 15.6 Å². The predicted molar refractivity (Wildman–Crippen MR) is 78.5 cm³/mol. The van der Waals surface area contributed by atoms with Gasteiger partial charge in [-0.1, -0.05) is 0 Å². The average molecular weight is 286 g/mol. The molecule has 0 amide bonds. The van der Waals surface area contributed by atoms with Gasteiger partial charge >= 0.3 is 0 Å². The molecule has 0 N–H and O–H groups in total. The summed E-state index contributed by atoms with van der Waals surface area (Å²) in [6.07, 6.45) is 5.28. The SMILES string of the molecule is N#Cc1ccc2nc(CCl)n(C(C3CC3)C3CC3)c2c1. The number of fused-ring (bicyclic) bond motifs is 1. The molecule has 2 fully saturated rings. The molecule has 4 rings (SSSR count). The van der Waals surface area contributed by atoms with E-state index in [0.29, 0.717) is 17.5 Å². The minimum Gasteiger partial charge on any atom is -0.323 e. The van der Waals surface area contributed by atoms with Gasteiger partial charge in [0.25, 0.3) is 0 Å². The lowest BCUT2D eigenvalue weighted by atomic mass is 10.1. The van der Waals surface area contributed by atoms with Gasteiger partial charge < -0.3 is 4.57 Å². The van der Waals surface area contributed by atoms with Gasteiger partial charge in [0.1, 0.15) is 5.82 Å². The third-order valence-electron chi connectivity index (χ3n) is 4.52. The van der Waals surface area contributed by atoms with E-state index < -0.39 is 0 Å². The van der Waals surface area contributed by atoms with Crippen molar-refractivity contribution in [2.45, 2.75) is 37.6 Å². The summed E-state index contributed by atoms with van der Waals surface area (Å²) in [5.74, 6) is 2.97. The molecule has 0 unspecified atom stereocenters. The Morgan fingerprint density at radius 1 is 1.30 bits per heavy atom. The fraction of sp³-hybridized carbons (Fsp3) is 0.500. The van der Waals surface area contributed by atoms with Crippen molar-refractivity contribution in [1.82, 2.24) is 9.55 Å². The largest absolute Gasteiger partial charge is 0.323 e. The maximum absolute atomic E-state index is 9.13. The van der Waals surface area contributed by atoms with Gasteiger partial charge in [0.2, 0.25) is 0 Å². The first-order valence-electron chi connectivity index (χ1n) is 7.28. The molecule has 2 aliphatic carbocycles. The number of halogens is 1. The van der Waals surface area contributed by atoms with E-state index in [1.165, 1.54) is 25.7 Å². The molecule has 0 aliphatic heterocycles.